The lowest BCUT2D eigenvalue weighted by molar-refractivity contribution is 0.0682. The molecule has 0 aliphatic heterocycles. The van der Waals surface area contributed by atoms with E-state index in [9.17, 15) is 30.0 Å². The molecule has 0 spiro atoms. The van der Waals surface area contributed by atoms with Crippen molar-refractivity contribution in [3.63, 3.8) is 0 Å². The molecule has 3 rings (SSSR count). The lowest BCUT2D eigenvalue weighted by atomic mass is 9.89. The molecule has 0 aromatic heterocycles. The summed E-state index contributed by atoms with van der Waals surface area (Å²) in [5, 5.41) is 39.5. The molecule has 130 valence electrons. The Morgan fingerprint density at radius 1 is 0.692 bits per heavy atom. The van der Waals surface area contributed by atoms with Crippen LogP contribution in [-0.4, -0.2) is 32.4 Å². The maximum absolute atomic E-state index is 11.6. The molecule has 3 aromatic carbocycles. The summed E-state index contributed by atoms with van der Waals surface area (Å²) in [6.45, 7) is 0. The first-order valence-corrected chi connectivity index (χ1v) is 7.61. The molecule has 6 nitrogen and oxygen atoms in total. The van der Waals surface area contributed by atoms with Gasteiger partial charge in [0, 0.05) is 16.7 Å². The van der Waals surface area contributed by atoms with Crippen LogP contribution in [-0.2, 0) is 0 Å². The van der Waals surface area contributed by atoms with E-state index in [0.29, 0.717) is 5.56 Å². The number of rotatable bonds is 4. The van der Waals surface area contributed by atoms with Crippen LogP contribution in [0.1, 0.15) is 20.7 Å². The van der Waals surface area contributed by atoms with E-state index in [2.05, 4.69) is 0 Å². The third-order valence-corrected chi connectivity index (χ3v) is 3.99. The van der Waals surface area contributed by atoms with Gasteiger partial charge in [-0.2, -0.15) is 0 Å². The highest BCUT2D eigenvalue weighted by Crippen LogP contribution is 2.45. The van der Waals surface area contributed by atoms with Crippen LogP contribution in [0.2, 0.25) is 0 Å². The standard InChI is InChI=1S/C20H14O6/c21-15-8-9-16(22)18(17(15)11-4-2-1-3-5-11)14-10-12(19(23)24)6-7-13(14)20(25)26/h1-10,21-22H,(H,23,24)(H,25,26). The first-order chi connectivity index (χ1) is 12.4. The van der Waals surface area contributed by atoms with Crippen molar-refractivity contribution < 1.29 is 30.0 Å². The van der Waals surface area contributed by atoms with Crippen LogP contribution in [0, 0.1) is 0 Å². The van der Waals surface area contributed by atoms with Crippen molar-refractivity contribution in [3.05, 3.63) is 71.8 Å². The van der Waals surface area contributed by atoms with E-state index < -0.39 is 11.9 Å². The predicted octanol–water partition coefficient (Wildman–Crippen LogP) is 3.83. The fourth-order valence-corrected chi connectivity index (χ4v) is 2.82. The number of benzene rings is 3. The van der Waals surface area contributed by atoms with Crippen molar-refractivity contribution in [2.75, 3.05) is 0 Å². The smallest absolute Gasteiger partial charge is 0.336 e. The Morgan fingerprint density at radius 3 is 1.88 bits per heavy atom. The molecule has 0 saturated carbocycles. The van der Waals surface area contributed by atoms with Crippen LogP contribution in [0.4, 0.5) is 0 Å². The van der Waals surface area contributed by atoms with Crippen molar-refractivity contribution in [1.29, 1.82) is 0 Å². The summed E-state index contributed by atoms with van der Waals surface area (Å²) >= 11 is 0. The summed E-state index contributed by atoms with van der Waals surface area (Å²) < 4.78 is 0. The predicted molar refractivity (Wildman–Crippen MR) is 94.6 cm³/mol. The molecule has 0 radical (unpaired) electrons. The van der Waals surface area contributed by atoms with Gasteiger partial charge < -0.3 is 20.4 Å². The first kappa shape index (κ1) is 17.0. The fraction of sp³-hybridized carbons (Fsp3) is 0. The second-order valence-electron chi connectivity index (χ2n) is 5.59. The molecule has 0 saturated heterocycles. The largest absolute Gasteiger partial charge is 0.507 e. The van der Waals surface area contributed by atoms with Crippen LogP contribution >= 0.6 is 0 Å². The molecular weight excluding hydrogens is 336 g/mol. The van der Waals surface area contributed by atoms with Gasteiger partial charge >= 0.3 is 11.9 Å². The van der Waals surface area contributed by atoms with Gasteiger partial charge in [0.05, 0.1) is 11.1 Å². The minimum Gasteiger partial charge on any atom is -0.507 e. The van der Waals surface area contributed by atoms with Gasteiger partial charge in [0.15, 0.2) is 0 Å². The zero-order valence-electron chi connectivity index (χ0n) is 13.4. The van der Waals surface area contributed by atoms with Crippen LogP contribution in [0.3, 0.4) is 0 Å². The molecule has 26 heavy (non-hydrogen) atoms. The van der Waals surface area contributed by atoms with Gasteiger partial charge in [-0.1, -0.05) is 30.3 Å². The third-order valence-electron chi connectivity index (χ3n) is 3.99. The van der Waals surface area contributed by atoms with Crippen molar-refractivity contribution in [2.24, 2.45) is 0 Å². The maximum Gasteiger partial charge on any atom is 0.336 e. The second-order valence-corrected chi connectivity index (χ2v) is 5.59. The summed E-state index contributed by atoms with van der Waals surface area (Å²) in [6, 6.07) is 14.7. The average molecular weight is 350 g/mol. The summed E-state index contributed by atoms with van der Waals surface area (Å²) in [4.78, 5) is 22.9. The molecule has 0 unspecified atom stereocenters. The highest BCUT2D eigenvalue weighted by molar-refractivity contribution is 6.03. The molecule has 0 amide bonds. The molecule has 0 fully saturated rings. The van der Waals surface area contributed by atoms with Gasteiger partial charge in [-0.05, 0) is 35.9 Å². The zero-order valence-corrected chi connectivity index (χ0v) is 13.4. The number of aromatic hydroxyl groups is 2. The Hall–Kier alpha value is -3.80. The van der Waals surface area contributed by atoms with E-state index >= 15 is 0 Å². The lowest BCUT2D eigenvalue weighted by Crippen LogP contribution is -2.04. The molecule has 0 aliphatic rings. The topological polar surface area (TPSA) is 115 Å². The number of carboxylic acids is 2. The van der Waals surface area contributed by atoms with E-state index in [-0.39, 0.29) is 39.3 Å². The molecule has 3 aromatic rings. The summed E-state index contributed by atoms with van der Waals surface area (Å²) in [6.07, 6.45) is 0. The van der Waals surface area contributed by atoms with Gasteiger partial charge in [0.25, 0.3) is 0 Å². The number of aromatic carboxylic acids is 2. The van der Waals surface area contributed by atoms with Gasteiger partial charge in [-0.25, -0.2) is 9.59 Å². The summed E-state index contributed by atoms with van der Waals surface area (Å²) in [7, 11) is 0. The number of hydrogen-bond acceptors (Lipinski definition) is 4. The Labute approximate surface area is 148 Å². The van der Waals surface area contributed by atoms with Gasteiger partial charge in [-0.15, -0.1) is 0 Å². The number of hydrogen-bond donors (Lipinski definition) is 4. The second kappa shape index (κ2) is 6.60. The quantitative estimate of drug-likeness (QED) is 0.532. The Morgan fingerprint density at radius 2 is 1.31 bits per heavy atom. The van der Waals surface area contributed by atoms with Gasteiger partial charge in [-0.3, -0.25) is 0 Å². The fourth-order valence-electron chi connectivity index (χ4n) is 2.82. The zero-order chi connectivity index (χ0) is 18.8. The average Bonchev–Trinajstić information content (AvgIpc) is 2.63. The monoisotopic (exact) mass is 350 g/mol. The number of phenolic OH excluding ortho intramolecular Hbond substituents is 2. The number of carboxylic acid groups (broad SMARTS) is 2. The summed E-state index contributed by atoms with van der Waals surface area (Å²) in [5.41, 5.74) is 0.504. The highest BCUT2D eigenvalue weighted by Gasteiger charge is 2.22. The number of carbonyl (C=O) groups is 2. The summed E-state index contributed by atoms with van der Waals surface area (Å²) in [5.74, 6) is -2.95. The minimum atomic E-state index is -1.28. The molecule has 0 heterocycles. The molecule has 0 atom stereocenters. The van der Waals surface area contributed by atoms with E-state index in [1.54, 1.807) is 30.3 Å². The Balaban J connectivity index is 2.41. The molecule has 4 N–H and O–H groups in total. The van der Waals surface area contributed by atoms with Crippen LogP contribution < -0.4 is 0 Å². The Kier molecular flexibility index (Phi) is 4.33. The van der Waals surface area contributed by atoms with E-state index in [4.69, 9.17) is 0 Å². The van der Waals surface area contributed by atoms with Gasteiger partial charge in [0.2, 0.25) is 0 Å². The first-order valence-electron chi connectivity index (χ1n) is 7.61. The molecular formula is C20H14O6. The molecule has 0 aliphatic carbocycles. The third kappa shape index (κ3) is 2.95. The van der Waals surface area contributed by atoms with Crippen molar-refractivity contribution >= 4 is 11.9 Å². The van der Waals surface area contributed by atoms with E-state index in [1.807, 2.05) is 0 Å². The lowest BCUT2D eigenvalue weighted by Gasteiger charge is -2.16. The van der Waals surface area contributed by atoms with Gasteiger partial charge in [0.1, 0.15) is 11.5 Å². The minimum absolute atomic E-state index is 0.00431. The highest BCUT2D eigenvalue weighted by atomic mass is 16.4. The Bertz CT molecular complexity index is 1010. The van der Waals surface area contributed by atoms with Crippen molar-refractivity contribution in [3.8, 4) is 33.8 Å². The molecule has 0 bridgehead atoms. The maximum atomic E-state index is 11.6. The van der Waals surface area contributed by atoms with Crippen LogP contribution in [0.15, 0.2) is 60.7 Å². The SMILES string of the molecule is O=C(O)c1ccc(C(=O)O)c(-c2c(O)ccc(O)c2-c2ccccc2)c1. The normalized spacial score (nSPS) is 10.5. The van der Waals surface area contributed by atoms with E-state index in [0.717, 1.165) is 0 Å². The number of phenols is 2. The van der Waals surface area contributed by atoms with Crippen LogP contribution in [0.25, 0.3) is 22.3 Å². The molecule has 6 heteroatoms. The van der Waals surface area contributed by atoms with Crippen LogP contribution in [0.5, 0.6) is 11.5 Å². The van der Waals surface area contributed by atoms with Crippen molar-refractivity contribution in [1.82, 2.24) is 0 Å². The van der Waals surface area contributed by atoms with E-state index in [1.165, 1.54) is 30.3 Å². The van der Waals surface area contributed by atoms with Crippen molar-refractivity contribution in [2.45, 2.75) is 0 Å².